The van der Waals surface area contributed by atoms with Gasteiger partial charge in [0.25, 0.3) is 0 Å². The molecule has 5 nitrogen and oxygen atoms in total. The van der Waals surface area contributed by atoms with Gasteiger partial charge in [-0.2, -0.15) is 0 Å². The molecule has 0 radical (unpaired) electrons. The molecule has 2 rings (SSSR count). The average molecular weight is 256 g/mol. The summed E-state index contributed by atoms with van der Waals surface area (Å²) in [6.07, 6.45) is 1.64. The molecular formula is C14H16N4O. The number of rotatable bonds is 4. The van der Waals surface area contributed by atoms with E-state index in [-0.39, 0.29) is 5.84 Å². The van der Waals surface area contributed by atoms with Crippen molar-refractivity contribution in [2.24, 2.45) is 10.9 Å². The van der Waals surface area contributed by atoms with E-state index in [2.05, 4.69) is 21.5 Å². The molecule has 4 N–H and O–H groups in total. The molecule has 5 heteroatoms. The van der Waals surface area contributed by atoms with Crippen LogP contribution in [-0.4, -0.2) is 16.0 Å². The molecule has 1 aromatic heterocycles. The first kappa shape index (κ1) is 12.9. The Labute approximate surface area is 111 Å². The number of amidine groups is 1. The van der Waals surface area contributed by atoms with Gasteiger partial charge in [-0.15, -0.1) is 0 Å². The van der Waals surface area contributed by atoms with E-state index in [0.717, 1.165) is 11.3 Å². The average Bonchev–Trinajstić information content (AvgIpc) is 2.45. The number of aromatic nitrogens is 1. The number of oxime groups is 1. The first-order valence-corrected chi connectivity index (χ1v) is 5.92. The standard InChI is InChI=1S/C14H16N4O/c1-10-3-2-4-12(7-10)17-9-11-5-6-16-13(8-11)14(15)18-19/h2-8,17,19H,9H2,1H3,(H2,15,18). The van der Waals surface area contributed by atoms with Gasteiger partial charge in [0.15, 0.2) is 5.84 Å². The molecule has 0 spiro atoms. The van der Waals surface area contributed by atoms with Crippen molar-refractivity contribution in [1.29, 1.82) is 0 Å². The fourth-order valence-corrected chi connectivity index (χ4v) is 1.73. The Morgan fingerprint density at radius 1 is 1.37 bits per heavy atom. The van der Waals surface area contributed by atoms with Crippen molar-refractivity contribution in [2.75, 3.05) is 5.32 Å². The third-order valence-electron chi connectivity index (χ3n) is 2.71. The van der Waals surface area contributed by atoms with Crippen molar-refractivity contribution in [2.45, 2.75) is 13.5 Å². The second kappa shape index (κ2) is 5.86. The number of hydrogen-bond acceptors (Lipinski definition) is 4. The lowest BCUT2D eigenvalue weighted by Gasteiger charge is -2.08. The molecule has 1 aromatic carbocycles. The minimum atomic E-state index is 0.0115. The second-order valence-corrected chi connectivity index (χ2v) is 4.26. The van der Waals surface area contributed by atoms with Crippen LogP contribution in [0.4, 0.5) is 5.69 Å². The number of pyridine rings is 1. The molecule has 0 fully saturated rings. The number of anilines is 1. The maximum absolute atomic E-state index is 8.62. The third-order valence-corrected chi connectivity index (χ3v) is 2.71. The van der Waals surface area contributed by atoms with E-state index in [4.69, 9.17) is 10.9 Å². The number of nitrogens with zero attached hydrogens (tertiary/aromatic N) is 2. The Balaban J connectivity index is 2.08. The van der Waals surface area contributed by atoms with E-state index in [0.29, 0.717) is 12.2 Å². The number of nitrogens with two attached hydrogens (primary N) is 1. The predicted octanol–water partition coefficient (Wildman–Crippen LogP) is 2.10. The van der Waals surface area contributed by atoms with Crippen molar-refractivity contribution in [3.63, 3.8) is 0 Å². The lowest BCUT2D eigenvalue weighted by Crippen LogP contribution is -2.15. The first-order valence-electron chi connectivity index (χ1n) is 5.92. The topological polar surface area (TPSA) is 83.5 Å². The lowest BCUT2D eigenvalue weighted by molar-refractivity contribution is 0.318. The molecule has 2 aromatic rings. The number of hydrogen-bond donors (Lipinski definition) is 3. The van der Waals surface area contributed by atoms with E-state index in [1.807, 2.05) is 31.2 Å². The van der Waals surface area contributed by atoms with E-state index in [1.165, 1.54) is 5.56 Å². The summed E-state index contributed by atoms with van der Waals surface area (Å²) in [5, 5.41) is 14.9. The Morgan fingerprint density at radius 2 is 2.21 bits per heavy atom. The molecular weight excluding hydrogens is 240 g/mol. The Morgan fingerprint density at radius 3 is 2.95 bits per heavy atom. The Kier molecular flexibility index (Phi) is 3.97. The molecule has 19 heavy (non-hydrogen) atoms. The molecule has 0 bridgehead atoms. The number of nitrogens with one attached hydrogen (secondary N) is 1. The van der Waals surface area contributed by atoms with Crippen molar-refractivity contribution >= 4 is 11.5 Å². The molecule has 1 heterocycles. The summed E-state index contributed by atoms with van der Waals surface area (Å²) < 4.78 is 0. The summed E-state index contributed by atoms with van der Waals surface area (Å²) in [4.78, 5) is 4.04. The molecule has 0 aliphatic rings. The SMILES string of the molecule is Cc1cccc(NCc2ccnc(C(N)=NO)c2)c1. The highest BCUT2D eigenvalue weighted by Crippen LogP contribution is 2.11. The summed E-state index contributed by atoms with van der Waals surface area (Å²) in [6.45, 7) is 2.70. The lowest BCUT2D eigenvalue weighted by atomic mass is 10.2. The van der Waals surface area contributed by atoms with Gasteiger partial charge in [0.05, 0.1) is 0 Å². The molecule has 0 unspecified atom stereocenters. The molecule has 0 aliphatic heterocycles. The maximum Gasteiger partial charge on any atom is 0.188 e. The minimum absolute atomic E-state index is 0.0115. The monoisotopic (exact) mass is 256 g/mol. The third kappa shape index (κ3) is 3.45. The fourth-order valence-electron chi connectivity index (χ4n) is 1.73. The number of benzene rings is 1. The largest absolute Gasteiger partial charge is 0.409 e. The van der Waals surface area contributed by atoms with Crippen LogP contribution in [0.15, 0.2) is 47.8 Å². The van der Waals surface area contributed by atoms with Gasteiger partial charge in [0.2, 0.25) is 0 Å². The van der Waals surface area contributed by atoms with Crippen LogP contribution < -0.4 is 11.1 Å². The maximum atomic E-state index is 8.62. The highest BCUT2D eigenvalue weighted by atomic mass is 16.4. The summed E-state index contributed by atoms with van der Waals surface area (Å²) >= 11 is 0. The van der Waals surface area contributed by atoms with Crippen LogP contribution in [0.1, 0.15) is 16.8 Å². The van der Waals surface area contributed by atoms with Gasteiger partial charge in [-0.1, -0.05) is 17.3 Å². The summed E-state index contributed by atoms with van der Waals surface area (Å²) in [7, 11) is 0. The molecule has 0 saturated heterocycles. The first-order chi connectivity index (χ1) is 9.19. The number of aryl methyl sites for hydroxylation is 1. The van der Waals surface area contributed by atoms with Gasteiger partial charge >= 0.3 is 0 Å². The van der Waals surface area contributed by atoms with Crippen LogP contribution in [-0.2, 0) is 6.54 Å². The molecule has 0 saturated carbocycles. The van der Waals surface area contributed by atoms with Crippen LogP contribution in [0.5, 0.6) is 0 Å². The van der Waals surface area contributed by atoms with Crippen LogP contribution in [0.2, 0.25) is 0 Å². The fraction of sp³-hybridized carbons (Fsp3) is 0.143. The summed E-state index contributed by atoms with van der Waals surface area (Å²) in [5.41, 5.74) is 9.25. The van der Waals surface area contributed by atoms with Crippen molar-refractivity contribution < 1.29 is 5.21 Å². The second-order valence-electron chi connectivity index (χ2n) is 4.26. The zero-order chi connectivity index (χ0) is 13.7. The summed E-state index contributed by atoms with van der Waals surface area (Å²) in [6, 6.07) is 11.8. The van der Waals surface area contributed by atoms with Crippen LogP contribution in [0.25, 0.3) is 0 Å². The Hall–Kier alpha value is -2.56. The van der Waals surface area contributed by atoms with E-state index in [9.17, 15) is 0 Å². The zero-order valence-corrected chi connectivity index (χ0v) is 10.7. The molecule has 0 amide bonds. The molecule has 0 aliphatic carbocycles. The van der Waals surface area contributed by atoms with Gasteiger partial charge < -0.3 is 16.3 Å². The van der Waals surface area contributed by atoms with Crippen LogP contribution in [0, 0.1) is 6.92 Å². The quantitative estimate of drug-likeness (QED) is 0.338. The van der Waals surface area contributed by atoms with Crippen molar-refractivity contribution in [3.8, 4) is 0 Å². The van der Waals surface area contributed by atoms with Gasteiger partial charge in [-0.25, -0.2) is 0 Å². The van der Waals surface area contributed by atoms with Crippen LogP contribution >= 0.6 is 0 Å². The van der Waals surface area contributed by atoms with E-state index >= 15 is 0 Å². The van der Waals surface area contributed by atoms with Crippen molar-refractivity contribution in [1.82, 2.24) is 4.98 Å². The van der Waals surface area contributed by atoms with Crippen molar-refractivity contribution in [3.05, 3.63) is 59.4 Å². The van der Waals surface area contributed by atoms with Gasteiger partial charge in [0.1, 0.15) is 5.69 Å². The van der Waals surface area contributed by atoms with Gasteiger partial charge in [-0.05, 0) is 42.3 Å². The highest BCUT2D eigenvalue weighted by Gasteiger charge is 2.02. The summed E-state index contributed by atoms with van der Waals surface area (Å²) in [5.74, 6) is 0.0115. The zero-order valence-electron chi connectivity index (χ0n) is 10.7. The minimum Gasteiger partial charge on any atom is -0.409 e. The van der Waals surface area contributed by atoms with Crippen LogP contribution in [0.3, 0.4) is 0 Å². The molecule has 98 valence electrons. The van der Waals surface area contributed by atoms with Gasteiger partial charge in [-0.3, -0.25) is 4.98 Å². The normalized spacial score (nSPS) is 11.3. The highest BCUT2D eigenvalue weighted by molar-refractivity contribution is 5.95. The van der Waals surface area contributed by atoms with E-state index < -0.39 is 0 Å². The molecule has 0 atom stereocenters. The van der Waals surface area contributed by atoms with Gasteiger partial charge in [0, 0.05) is 18.4 Å². The van der Waals surface area contributed by atoms with E-state index in [1.54, 1.807) is 12.3 Å². The predicted molar refractivity (Wildman–Crippen MR) is 75.3 cm³/mol. The Bertz CT molecular complexity index is 596. The smallest absolute Gasteiger partial charge is 0.188 e.